The van der Waals surface area contributed by atoms with Crippen molar-refractivity contribution in [2.75, 3.05) is 26.2 Å². The minimum atomic E-state index is -4.69. The van der Waals surface area contributed by atoms with E-state index in [-0.39, 0.29) is 16.5 Å². The molecule has 0 radical (unpaired) electrons. The van der Waals surface area contributed by atoms with Crippen LogP contribution >= 0.6 is 0 Å². The molecule has 0 fully saturated rings. The fourth-order valence-corrected chi connectivity index (χ4v) is 1.59. The van der Waals surface area contributed by atoms with Gasteiger partial charge in [-0.3, -0.25) is 20.0 Å². The molecule has 0 spiro atoms. The normalized spacial score (nSPS) is 17.7. The molecule has 0 unspecified atom stereocenters. The van der Waals surface area contributed by atoms with Gasteiger partial charge < -0.3 is 0 Å². The number of nitrogens with zero attached hydrogens (tertiary/aromatic N) is 4. The summed E-state index contributed by atoms with van der Waals surface area (Å²) >= 11 is 0. The number of hydrogen-bond acceptors (Lipinski definition) is 8. The molecule has 140 valence electrons. The molecule has 0 amide bonds. The van der Waals surface area contributed by atoms with Crippen LogP contribution in [0.3, 0.4) is 0 Å². The largest absolute Gasteiger partial charge is 2.00 e. The van der Waals surface area contributed by atoms with Crippen LogP contribution in [-0.2, 0) is 16.5 Å². The number of halogens is 1. The van der Waals surface area contributed by atoms with Gasteiger partial charge in [0, 0.05) is 26.2 Å². The van der Waals surface area contributed by atoms with E-state index in [2.05, 4.69) is 20.0 Å². The molecule has 0 saturated heterocycles. The van der Waals surface area contributed by atoms with Gasteiger partial charge in [-0.2, -0.15) is 14.0 Å². The molecule has 8 nitrogen and oxygen atoms in total. The Kier molecular flexibility index (Phi) is 14.5. The molecular formula is C14H25ClN4NiO4+2. The summed E-state index contributed by atoms with van der Waals surface area (Å²) in [5.74, 6) is 0. The van der Waals surface area contributed by atoms with Gasteiger partial charge in [-0.15, -0.1) is 0 Å². The minimum Gasteiger partial charge on any atom is -0.288 e. The molecule has 24 heavy (non-hydrogen) atoms. The van der Waals surface area contributed by atoms with Crippen molar-refractivity contribution in [1.29, 1.82) is 0 Å². The molecule has 1 heterocycles. The molecule has 1 aliphatic rings. The van der Waals surface area contributed by atoms with E-state index >= 15 is 0 Å². The molecule has 0 saturated carbocycles. The molecular weight excluding hydrogens is 382 g/mol. The zero-order chi connectivity index (χ0) is 17.9. The van der Waals surface area contributed by atoms with Crippen LogP contribution in [-0.4, -0.2) is 53.7 Å². The van der Waals surface area contributed by atoms with E-state index in [1.54, 1.807) is 0 Å². The Morgan fingerprint density at radius 3 is 1.00 bits per heavy atom. The first-order chi connectivity index (χ1) is 10.6. The third-order valence-electron chi connectivity index (χ3n) is 3.08. The Morgan fingerprint density at radius 1 is 0.667 bits per heavy atom. The first-order valence-electron chi connectivity index (χ1n) is 7.29. The quantitative estimate of drug-likeness (QED) is 0.488. The SMILES string of the molecule is CC1=NCCCN=C(C)C(C)=NCCCN=C1C.[Ni+2].[O-][Cl+3]([O-])([O-])O. The summed E-state index contributed by atoms with van der Waals surface area (Å²) in [5, 5.41) is 0. The van der Waals surface area contributed by atoms with Crippen molar-refractivity contribution in [3.8, 4) is 0 Å². The third kappa shape index (κ3) is 16.2. The topological polar surface area (TPSA) is 139 Å². The second-order valence-corrected chi connectivity index (χ2v) is 5.76. The van der Waals surface area contributed by atoms with Crippen molar-refractivity contribution in [2.45, 2.75) is 40.5 Å². The van der Waals surface area contributed by atoms with Crippen LogP contribution in [0.4, 0.5) is 0 Å². The fraction of sp³-hybridized carbons (Fsp3) is 0.714. The van der Waals surface area contributed by atoms with E-state index in [4.69, 9.17) is 18.6 Å². The van der Waals surface area contributed by atoms with Gasteiger partial charge in [0.25, 0.3) is 0 Å². The van der Waals surface area contributed by atoms with Crippen molar-refractivity contribution in [1.82, 2.24) is 0 Å². The monoisotopic (exact) mass is 406 g/mol. The van der Waals surface area contributed by atoms with Gasteiger partial charge in [0.1, 0.15) is 0 Å². The van der Waals surface area contributed by atoms with Gasteiger partial charge in [0.05, 0.1) is 37.7 Å². The molecule has 0 aromatic heterocycles. The predicted octanol–water partition coefficient (Wildman–Crippen LogP) is -1.50. The summed E-state index contributed by atoms with van der Waals surface area (Å²) in [7, 11) is -4.69. The molecule has 1 rings (SSSR count). The fourth-order valence-electron chi connectivity index (χ4n) is 1.59. The van der Waals surface area contributed by atoms with Crippen LogP contribution in [0.2, 0.25) is 0 Å². The van der Waals surface area contributed by atoms with E-state index in [1.807, 2.05) is 27.7 Å². The Morgan fingerprint density at radius 2 is 0.833 bits per heavy atom. The van der Waals surface area contributed by atoms with E-state index < -0.39 is 10.2 Å². The van der Waals surface area contributed by atoms with Crippen LogP contribution in [0.5, 0.6) is 0 Å². The first-order valence-corrected chi connectivity index (χ1v) is 8.56. The van der Waals surface area contributed by atoms with Crippen LogP contribution in [0.1, 0.15) is 40.5 Å². The van der Waals surface area contributed by atoms with Crippen LogP contribution in [0, 0.1) is 10.2 Å². The average Bonchev–Trinajstić information content (AvgIpc) is 2.43. The minimum absolute atomic E-state index is 0. The van der Waals surface area contributed by atoms with Gasteiger partial charge >= 0.3 is 16.5 Å². The summed E-state index contributed by atoms with van der Waals surface area (Å²) in [6.07, 6.45) is 1.96. The molecule has 10 heteroatoms. The van der Waals surface area contributed by atoms with E-state index in [0.717, 1.165) is 61.9 Å². The molecule has 1 N–H and O–H groups in total. The van der Waals surface area contributed by atoms with E-state index in [1.165, 1.54) is 0 Å². The summed E-state index contributed by atoms with van der Waals surface area (Å²) in [5.41, 5.74) is 4.19. The van der Waals surface area contributed by atoms with Gasteiger partial charge in [-0.1, -0.05) is 0 Å². The number of aliphatic imine (C=N–C) groups is 4. The average molecular weight is 408 g/mol. The summed E-state index contributed by atoms with van der Waals surface area (Å²) in [6.45, 7) is 11.4. The zero-order valence-electron chi connectivity index (χ0n) is 14.4. The molecule has 0 aromatic rings. The zero-order valence-corrected chi connectivity index (χ0v) is 16.1. The van der Waals surface area contributed by atoms with Gasteiger partial charge in [-0.05, 0) is 40.5 Å². The van der Waals surface area contributed by atoms with Gasteiger partial charge in [0.15, 0.2) is 0 Å². The molecule has 0 bridgehead atoms. The summed E-state index contributed by atoms with van der Waals surface area (Å²) in [4.78, 5) is 18.1. The number of hydrogen-bond donors (Lipinski definition) is 1. The Labute approximate surface area is 155 Å². The summed E-state index contributed by atoms with van der Waals surface area (Å²) in [6, 6.07) is 0. The predicted molar refractivity (Wildman–Crippen MR) is 83.4 cm³/mol. The van der Waals surface area contributed by atoms with Crippen molar-refractivity contribution < 1.29 is 45.4 Å². The Balaban J connectivity index is 0. The molecule has 0 aromatic carbocycles. The Bertz CT molecular complexity index is 408. The van der Waals surface area contributed by atoms with Gasteiger partial charge in [-0.25, -0.2) is 0 Å². The van der Waals surface area contributed by atoms with E-state index in [9.17, 15) is 0 Å². The van der Waals surface area contributed by atoms with Gasteiger partial charge in [0.2, 0.25) is 0 Å². The maximum Gasteiger partial charge on any atom is 2.00 e. The van der Waals surface area contributed by atoms with Crippen LogP contribution in [0.15, 0.2) is 20.0 Å². The van der Waals surface area contributed by atoms with Crippen molar-refractivity contribution in [3.05, 3.63) is 0 Å². The van der Waals surface area contributed by atoms with Crippen LogP contribution < -0.4 is 14.0 Å². The maximum atomic E-state index is 8.60. The second kappa shape index (κ2) is 13.6. The van der Waals surface area contributed by atoms with Crippen LogP contribution in [0.25, 0.3) is 0 Å². The van der Waals surface area contributed by atoms with Crippen molar-refractivity contribution in [3.63, 3.8) is 0 Å². The Hall–Kier alpha value is -0.696. The second-order valence-electron chi connectivity index (χ2n) is 4.97. The molecule has 1 aliphatic heterocycles. The smallest absolute Gasteiger partial charge is 0.288 e. The maximum absolute atomic E-state index is 8.60. The van der Waals surface area contributed by atoms with Crippen molar-refractivity contribution >= 4 is 22.8 Å². The van der Waals surface area contributed by atoms with Crippen molar-refractivity contribution in [2.24, 2.45) is 20.0 Å². The molecule has 0 aliphatic carbocycles. The molecule has 0 atom stereocenters. The standard InChI is InChI=1S/C14H24N4.ClHO4.Ni/c1-11-12(2)16-8-6-10-18-14(4)13(3)17-9-5-7-15-11;2-1(3,4)5;/h5-10H2,1-4H3;(H,2,3,4,5);/q;;+2. The number of rotatable bonds is 0. The third-order valence-corrected chi connectivity index (χ3v) is 3.08. The van der Waals surface area contributed by atoms with E-state index in [0.29, 0.717) is 0 Å². The summed E-state index contributed by atoms with van der Waals surface area (Å²) < 4.78 is 32.7. The first kappa shape index (κ1) is 25.5.